The molecule has 94 valence electrons. The fourth-order valence-electron chi connectivity index (χ4n) is 1.63. The molecule has 5 nitrogen and oxygen atoms in total. The van der Waals surface area contributed by atoms with E-state index in [0.717, 1.165) is 11.3 Å². The van der Waals surface area contributed by atoms with Crippen LogP contribution >= 0.6 is 11.6 Å². The molecule has 3 N–H and O–H groups in total. The normalized spacial score (nSPS) is 10.4. The monoisotopic (exact) mass is 263 g/mol. The molecule has 0 saturated heterocycles. The first-order valence-electron chi connectivity index (χ1n) is 5.49. The predicted molar refractivity (Wildman–Crippen MR) is 73.0 cm³/mol. The van der Waals surface area contributed by atoms with E-state index < -0.39 is 0 Å². The number of hydrogen-bond donors (Lipinski definition) is 2. The number of aryl methyl sites for hydroxylation is 2. The Hall–Kier alpha value is -1.88. The lowest BCUT2D eigenvalue weighted by Gasteiger charge is -2.09. The first-order valence-corrected chi connectivity index (χ1v) is 6.02. The summed E-state index contributed by atoms with van der Waals surface area (Å²) in [7, 11) is 0. The molecular weight excluding hydrogens is 250 g/mol. The third-order valence-electron chi connectivity index (χ3n) is 2.45. The Morgan fingerprint density at radius 3 is 2.67 bits per heavy atom. The number of anilines is 3. The van der Waals surface area contributed by atoms with E-state index in [4.69, 9.17) is 17.3 Å². The molecule has 1 aromatic heterocycles. The molecule has 1 heterocycles. The standard InChI is InChI=1S/C12H14ClN5/c1-7-3-4-9(8(2)5-7)15-12-17-10(6-13)16-11(14)18-12/h3-5H,6H2,1-2H3,(H3,14,15,16,17,18). The average Bonchev–Trinajstić information content (AvgIpc) is 2.32. The van der Waals surface area contributed by atoms with Gasteiger partial charge in [0.1, 0.15) is 0 Å². The van der Waals surface area contributed by atoms with Crippen molar-refractivity contribution < 1.29 is 0 Å². The van der Waals surface area contributed by atoms with Crippen LogP contribution in [0.1, 0.15) is 17.0 Å². The Kier molecular flexibility index (Phi) is 3.62. The van der Waals surface area contributed by atoms with Crippen molar-refractivity contribution in [3.63, 3.8) is 0 Å². The van der Waals surface area contributed by atoms with Gasteiger partial charge in [-0.2, -0.15) is 15.0 Å². The van der Waals surface area contributed by atoms with Gasteiger partial charge in [0.25, 0.3) is 0 Å². The Morgan fingerprint density at radius 2 is 2.00 bits per heavy atom. The molecule has 2 rings (SSSR count). The van der Waals surface area contributed by atoms with E-state index in [1.807, 2.05) is 26.0 Å². The molecule has 0 radical (unpaired) electrons. The number of benzene rings is 1. The van der Waals surface area contributed by atoms with Gasteiger partial charge in [0, 0.05) is 5.69 Å². The second kappa shape index (κ2) is 5.18. The predicted octanol–water partition coefficient (Wildman–Crippen LogP) is 2.55. The summed E-state index contributed by atoms with van der Waals surface area (Å²) in [5, 5.41) is 3.11. The van der Waals surface area contributed by atoms with Crippen LogP contribution < -0.4 is 11.1 Å². The van der Waals surface area contributed by atoms with Gasteiger partial charge in [0.05, 0.1) is 5.88 Å². The minimum absolute atomic E-state index is 0.160. The summed E-state index contributed by atoms with van der Waals surface area (Å²) in [6.07, 6.45) is 0. The van der Waals surface area contributed by atoms with Crippen LogP contribution in [0, 0.1) is 13.8 Å². The highest BCUT2D eigenvalue weighted by Gasteiger charge is 2.05. The molecule has 1 aromatic carbocycles. The maximum atomic E-state index is 5.69. The van der Waals surface area contributed by atoms with E-state index in [-0.39, 0.29) is 11.8 Å². The first kappa shape index (κ1) is 12.6. The summed E-state index contributed by atoms with van der Waals surface area (Å²) < 4.78 is 0. The molecule has 2 aromatic rings. The van der Waals surface area contributed by atoms with Gasteiger partial charge in [-0.25, -0.2) is 0 Å². The van der Waals surface area contributed by atoms with Crippen LogP contribution in [0.5, 0.6) is 0 Å². The quantitative estimate of drug-likeness (QED) is 0.833. The van der Waals surface area contributed by atoms with Gasteiger partial charge in [0.15, 0.2) is 5.82 Å². The molecule has 0 unspecified atom stereocenters. The fourth-order valence-corrected chi connectivity index (χ4v) is 1.75. The zero-order valence-corrected chi connectivity index (χ0v) is 11.0. The van der Waals surface area contributed by atoms with Gasteiger partial charge >= 0.3 is 0 Å². The van der Waals surface area contributed by atoms with Crippen molar-refractivity contribution >= 4 is 29.2 Å². The maximum Gasteiger partial charge on any atom is 0.232 e. The van der Waals surface area contributed by atoms with E-state index in [2.05, 4.69) is 26.3 Å². The minimum atomic E-state index is 0.160. The Bertz CT molecular complexity index is 570. The molecule has 0 fully saturated rings. The molecular formula is C12H14ClN5. The highest BCUT2D eigenvalue weighted by atomic mass is 35.5. The number of nitrogens with zero attached hydrogens (tertiary/aromatic N) is 3. The lowest BCUT2D eigenvalue weighted by molar-refractivity contribution is 0.978. The number of nitrogens with two attached hydrogens (primary N) is 1. The first-order chi connectivity index (χ1) is 8.58. The van der Waals surface area contributed by atoms with Gasteiger partial charge in [-0.3, -0.25) is 0 Å². The topological polar surface area (TPSA) is 76.7 Å². The molecule has 0 aliphatic rings. The van der Waals surface area contributed by atoms with Crippen molar-refractivity contribution in [3.05, 3.63) is 35.2 Å². The number of alkyl halides is 1. The second-order valence-corrected chi connectivity index (χ2v) is 4.28. The Balaban J connectivity index is 2.30. The molecule has 0 aliphatic heterocycles. The van der Waals surface area contributed by atoms with Crippen LogP contribution in [0.4, 0.5) is 17.6 Å². The summed E-state index contributed by atoms with van der Waals surface area (Å²) in [5.74, 6) is 1.23. The molecule has 0 aliphatic carbocycles. The zero-order chi connectivity index (χ0) is 13.1. The van der Waals surface area contributed by atoms with E-state index in [1.54, 1.807) is 0 Å². The average molecular weight is 264 g/mol. The van der Waals surface area contributed by atoms with Crippen LogP contribution in [0.15, 0.2) is 18.2 Å². The van der Waals surface area contributed by atoms with Crippen LogP contribution in [0.3, 0.4) is 0 Å². The molecule has 0 atom stereocenters. The molecule has 0 spiro atoms. The van der Waals surface area contributed by atoms with Gasteiger partial charge < -0.3 is 11.1 Å². The number of rotatable bonds is 3. The fraction of sp³-hybridized carbons (Fsp3) is 0.250. The van der Waals surface area contributed by atoms with Crippen molar-refractivity contribution in [2.45, 2.75) is 19.7 Å². The summed E-state index contributed by atoms with van der Waals surface area (Å²) in [6, 6.07) is 6.07. The van der Waals surface area contributed by atoms with Crippen molar-refractivity contribution in [1.29, 1.82) is 0 Å². The van der Waals surface area contributed by atoms with Crippen molar-refractivity contribution in [2.24, 2.45) is 0 Å². The van der Waals surface area contributed by atoms with E-state index >= 15 is 0 Å². The van der Waals surface area contributed by atoms with Crippen LogP contribution in [-0.4, -0.2) is 15.0 Å². The molecule has 6 heteroatoms. The third kappa shape index (κ3) is 2.87. The zero-order valence-electron chi connectivity index (χ0n) is 10.2. The smallest absolute Gasteiger partial charge is 0.232 e. The largest absolute Gasteiger partial charge is 0.368 e. The highest BCUT2D eigenvalue weighted by molar-refractivity contribution is 6.16. The lowest BCUT2D eigenvalue weighted by atomic mass is 10.1. The molecule has 0 amide bonds. The van der Waals surface area contributed by atoms with Gasteiger partial charge in [-0.1, -0.05) is 17.7 Å². The van der Waals surface area contributed by atoms with E-state index in [0.29, 0.717) is 11.8 Å². The number of hydrogen-bond acceptors (Lipinski definition) is 5. The summed E-state index contributed by atoms with van der Waals surface area (Å²) in [6.45, 7) is 4.06. The number of halogens is 1. The SMILES string of the molecule is Cc1ccc(Nc2nc(N)nc(CCl)n2)c(C)c1. The summed E-state index contributed by atoms with van der Waals surface area (Å²) >= 11 is 5.69. The van der Waals surface area contributed by atoms with E-state index in [9.17, 15) is 0 Å². The number of nitrogens with one attached hydrogen (secondary N) is 1. The number of aromatic nitrogens is 3. The van der Waals surface area contributed by atoms with Crippen molar-refractivity contribution in [2.75, 3.05) is 11.1 Å². The third-order valence-corrected chi connectivity index (χ3v) is 2.69. The van der Waals surface area contributed by atoms with Gasteiger partial charge in [-0.05, 0) is 25.5 Å². The maximum absolute atomic E-state index is 5.69. The van der Waals surface area contributed by atoms with Crippen LogP contribution in [0.2, 0.25) is 0 Å². The van der Waals surface area contributed by atoms with E-state index in [1.165, 1.54) is 5.56 Å². The van der Waals surface area contributed by atoms with Crippen molar-refractivity contribution in [1.82, 2.24) is 15.0 Å². The van der Waals surface area contributed by atoms with Gasteiger partial charge in [-0.15, -0.1) is 11.6 Å². The second-order valence-electron chi connectivity index (χ2n) is 4.01. The number of nitrogen functional groups attached to an aromatic ring is 1. The highest BCUT2D eigenvalue weighted by Crippen LogP contribution is 2.19. The van der Waals surface area contributed by atoms with Crippen LogP contribution in [-0.2, 0) is 5.88 Å². The summed E-state index contributed by atoms with van der Waals surface area (Å²) in [4.78, 5) is 12.1. The van der Waals surface area contributed by atoms with Gasteiger partial charge in [0.2, 0.25) is 11.9 Å². The minimum Gasteiger partial charge on any atom is -0.368 e. The summed E-state index contributed by atoms with van der Waals surface area (Å²) in [5.41, 5.74) is 8.84. The molecule has 18 heavy (non-hydrogen) atoms. The molecule has 0 saturated carbocycles. The Morgan fingerprint density at radius 1 is 1.22 bits per heavy atom. The van der Waals surface area contributed by atoms with Crippen molar-refractivity contribution in [3.8, 4) is 0 Å². The lowest BCUT2D eigenvalue weighted by Crippen LogP contribution is -2.06. The molecule has 0 bridgehead atoms. The van der Waals surface area contributed by atoms with Crippen LogP contribution in [0.25, 0.3) is 0 Å². The Labute approximate surface area is 110 Å².